The number of hydrogen-bond donors (Lipinski definition) is 1. The van der Waals surface area contributed by atoms with E-state index in [-0.39, 0.29) is 17.2 Å². The summed E-state index contributed by atoms with van der Waals surface area (Å²) in [6.07, 6.45) is 0. The van der Waals surface area contributed by atoms with Crippen LogP contribution < -0.4 is 10.9 Å². The van der Waals surface area contributed by atoms with Crippen LogP contribution in [0, 0.1) is 6.92 Å². The first-order valence-electron chi connectivity index (χ1n) is 8.97. The number of aryl methyl sites for hydroxylation is 1. The predicted molar refractivity (Wildman–Crippen MR) is 107 cm³/mol. The molecule has 3 rings (SSSR count). The van der Waals surface area contributed by atoms with Crippen molar-refractivity contribution in [1.29, 1.82) is 0 Å². The minimum atomic E-state index is -0.343. The third-order valence-electron chi connectivity index (χ3n) is 4.39. The van der Waals surface area contributed by atoms with Crippen molar-refractivity contribution in [2.45, 2.75) is 33.2 Å². The maximum Gasteiger partial charge on any atom is 0.276 e. The van der Waals surface area contributed by atoms with E-state index in [0.717, 1.165) is 11.1 Å². The van der Waals surface area contributed by atoms with Crippen LogP contribution in [0.4, 0.5) is 5.69 Å². The molecule has 1 amide bonds. The molecule has 0 unspecified atom stereocenters. The summed E-state index contributed by atoms with van der Waals surface area (Å²) in [5.74, 6) is 0.0895. The summed E-state index contributed by atoms with van der Waals surface area (Å²) in [7, 11) is 0. The van der Waals surface area contributed by atoms with Gasteiger partial charge in [-0.1, -0.05) is 55.8 Å². The fourth-order valence-electron chi connectivity index (χ4n) is 2.70. The number of hydrogen-bond acceptors (Lipinski definition) is 3. The number of nitrogens with one attached hydrogen (secondary N) is 1. The zero-order valence-electron chi connectivity index (χ0n) is 15.8. The summed E-state index contributed by atoms with van der Waals surface area (Å²) in [6, 6.07) is 18.4. The van der Waals surface area contributed by atoms with Gasteiger partial charge in [0.15, 0.2) is 0 Å². The number of anilines is 1. The van der Waals surface area contributed by atoms with Gasteiger partial charge in [-0.3, -0.25) is 9.59 Å². The zero-order chi connectivity index (χ0) is 19.4. The van der Waals surface area contributed by atoms with Crippen molar-refractivity contribution in [3.05, 3.63) is 93.4 Å². The predicted octanol–water partition coefficient (Wildman–Crippen LogP) is 3.98. The van der Waals surface area contributed by atoms with Gasteiger partial charge in [0.25, 0.3) is 11.5 Å². The minimum absolute atomic E-state index is 0.203. The number of carbonyl (C=O) groups excluding carboxylic acids is 1. The second kappa shape index (κ2) is 7.99. The lowest BCUT2D eigenvalue weighted by Crippen LogP contribution is -2.26. The van der Waals surface area contributed by atoms with Gasteiger partial charge in [-0.25, -0.2) is 4.68 Å². The molecule has 0 saturated heterocycles. The summed E-state index contributed by atoms with van der Waals surface area (Å²) < 4.78 is 1.31. The Hall–Kier alpha value is -3.21. The molecule has 0 aliphatic rings. The van der Waals surface area contributed by atoms with E-state index in [9.17, 15) is 9.59 Å². The molecule has 0 saturated carbocycles. The molecule has 27 heavy (non-hydrogen) atoms. The number of rotatable bonds is 5. The van der Waals surface area contributed by atoms with Crippen molar-refractivity contribution in [2.24, 2.45) is 0 Å². The van der Waals surface area contributed by atoms with Crippen LogP contribution >= 0.6 is 0 Å². The quantitative estimate of drug-likeness (QED) is 0.748. The van der Waals surface area contributed by atoms with E-state index < -0.39 is 0 Å². The van der Waals surface area contributed by atoms with Gasteiger partial charge in [0.05, 0.1) is 6.54 Å². The summed E-state index contributed by atoms with van der Waals surface area (Å²) in [5.41, 5.74) is 3.97. The molecule has 0 bridgehead atoms. The molecule has 5 nitrogen and oxygen atoms in total. The van der Waals surface area contributed by atoms with Crippen LogP contribution in [0.15, 0.2) is 65.5 Å². The lowest BCUT2D eigenvalue weighted by atomic mass is 10.0. The molecule has 0 fully saturated rings. The molecule has 138 valence electrons. The van der Waals surface area contributed by atoms with Gasteiger partial charge in [-0.15, -0.1) is 0 Å². The van der Waals surface area contributed by atoms with Gasteiger partial charge in [-0.05, 0) is 42.2 Å². The van der Waals surface area contributed by atoms with E-state index >= 15 is 0 Å². The molecule has 5 heteroatoms. The number of amides is 1. The first-order chi connectivity index (χ1) is 12.9. The Bertz CT molecular complexity index is 987. The Balaban J connectivity index is 1.77. The molecule has 0 aliphatic heterocycles. The normalized spacial score (nSPS) is 10.8. The molecule has 3 aromatic rings. The minimum Gasteiger partial charge on any atom is -0.321 e. The van der Waals surface area contributed by atoms with E-state index in [1.165, 1.54) is 22.4 Å². The van der Waals surface area contributed by atoms with Crippen LogP contribution in [-0.2, 0) is 6.54 Å². The molecule has 0 radical (unpaired) electrons. The van der Waals surface area contributed by atoms with Crippen LogP contribution in [0.3, 0.4) is 0 Å². The smallest absolute Gasteiger partial charge is 0.276 e. The Labute approximate surface area is 158 Å². The second-order valence-corrected chi connectivity index (χ2v) is 6.93. The van der Waals surface area contributed by atoms with Crippen molar-refractivity contribution in [3.63, 3.8) is 0 Å². The highest BCUT2D eigenvalue weighted by Gasteiger charge is 2.11. The fourth-order valence-corrected chi connectivity index (χ4v) is 2.70. The number of benzene rings is 2. The van der Waals surface area contributed by atoms with E-state index in [2.05, 4.69) is 24.3 Å². The van der Waals surface area contributed by atoms with Gasteiger partial charge in [0, 0.05) is 11.8 Å². The average molecular weight is 361 g/mol. The molecule has 1 N–H and O–H groups in total. The molecular weight excluding hydrogens is 338 g/mol. The van der Waals surface area contributed by atoms with Crippen molar-refractivity contribution in [3.8, 4) is 0 Å². The van der Waals surface area contributed by atoms with E-state index in [0.29, 0.717) is 18.2 Å². The van der Waals surface area contributed by atoms with Crippen molar-refractivity contribution < 1.29 is 4.79 Å². The topological polar surface area (TPSA) is 64.0 Å². The molecule has 0 spiro atoms. The Kier molecular flexibility index (Phi) is 5.50. The van der Waals surface area contributed by atoms with Crippen LogP contribution in [0.5, 0.6) is 0 Å². The van der Waals surface area contributed by atoms with Gasteiger partial charge in [0.2, 0.25) is 0 Å². The summed E-state index contributed by atoms with van der Waals surface area (Å²) >= 11 is 0. The SMILES string of the molecule is Cc1ccc(Cn2nc(C(=O)Nc3ccc(C(C)C)cc3)ccc2=O)cc1. The van der Waals surface area contributed by atoms with Crippen molar-refractivity contribution in [2.75, 3.05) is 5.32 Å². The number of nitrogens with zero attached hydrogens (tertiary/aromatic N) is 2. The Morgan fingerprint density at radius 3 is 2.30 bits per heavy atom. The summed E-state index contributed by atoms with van der Waals surface area (Å²) in [6.45, 7) is 6.57. The van der Waals surface area contributed by atoms with Crippen molar-refractivity contribution >= 4 is 11.6 Å². The average Bonchev–Trinajstić information content (AvgIpc) is 2.65. The highest BCUT2D eigenvalue weighted by molar-refractivity contribution is 6.02. The van der Waals surface area contributed by atoms with Gasteiger partial charge >= 0.3 is 0 Å². The lowest BCUT2D eigenvalue weighted by molar-refractivity contribution is 0.102. The number of aromatic nitrogens is 2. The maximum absolute atomic E-state index is 12.5. The van der Waals surface area contributed by atoms with E-state index in [1.54, 1.807) is 0 Å². The van der Waals surface area contributed by atoms with Crippen LogP contribution in [0.25, 0.3) is 0 Å². The molecule has 1 aromatic heterocycles. The second-order valence-electron chi connectivity index (χ2n) is 6.93. The molecule has 0 aliphatic carbocycles. The zero-order valence-corrected chi connectivity index (χ0v) is 15.8. The third kappa shape index (κ3) is 4.70. The molecule has 2 aromatic carbocycles. The Morgan fingerprint density at radius 2 is 1.67 bits per heavy atom. The highest BCUT2D eigenvalue weighted by Crippen LogP contribution is 2.17. The van der Waals surface area contributed by atoms with Crippen LogP contribution in [0.1, 0.15) is 46.9 Å². The van der Waals surface area contributed by atoms with Crippen LogP contribution in [0.2, 0.25) is 0 Å². The Morgan fingerprint density at radius 1 is 1.00 bits per heavy atom. The van der Waals surface area contributed by atoms with Gasteiger partial charge < -0.3 is 5.32 Å². The van der Waals surface area contributed by atoms with Crippen LogP contribution in [-0.4, -0.2) is 15.7 Å². The van der Waals surface area contributed by atoms with Crippen molar-refractivity contribution in [1.82, 2.24) is 9.78 Å². The third-order valence-corrected chi connectivity index (χ3v) is 4.39. The summed E-state index contributed by atoms with van der Waals surface area (Å²) in [5, 5.41) is 7.05. The lowest BCUT2D eigenvalue weighted by Gasteiger charge is -2.10. The molecule has 0 atom stereocenters. The first-order valence-corrected chi connectivity index (χ1v) is 8.97. The molecule has 1 heterocycles. The fraction of sp³-hybridized carbons (Fsp3) is 0.227. The van der Waals surface area contributed by atoms with Gasteiger partial charge in [0.1, 0.15) is 5.69 Å². The maximum atomic E-state index is 12.5. The summed E-state index contributed by atoms with van der Waals surface area (Å²) in [4.78, 5) is 24.6. The van der Waals surface area contributed by atoms with E-state index in [1.807, 2.05) is 55.5 Å². The van der Waals surface area contributed by atoms with Gasteiger partial charge in [-0.2, -0.15) is 5.10 Å². The highest BCUT2D eigenvalue weighted by atomic mass is 16.2. The molecular formula is C22H23N3O2. The monoisotopic (exact) mass is 361 g/mol. The van der Waals surface area contributed by atoms with E-state index in [4.69, 9.17) is 0 Å². The largest absolute Gasteiger partial charge is 0.321 e. The standard InChI is InChI=1S/C22H23N3O2/c1-15(2)18-8-10-19(11-9-18)23-22(27)20-12-13-21(26)25(24-20)14-17-6-4-16(3)5-7-17/h4-13,15H,14H2,1-3H3,(H,23,27). The first kappa shape index (κ1) is 18.6. The number of carbonyl (C=O) groups is 1.